The Bertz CT molecular complexity index is 495. The normalized spacial score (nSPS) is 22.9. The number of aliphatic hydroxyl groups is 2. The van der Waals surface area contributed by atoms with E-state index >= 15 is 0 Å². The first-order valence-corrected chi connectivity index (χ1v) is 7.37. The van der Waals surface area contributed by atoms with Crippen molar-refractivity contribution in [2.45, 2.75) is 44.3 Å². The van der Waals surface area contributed by atoms with Gasteiger partial charge >= 0.3 is 5.97 Å². The molecule has 1 aliphatic carbocycles. The van der Waals surface area contributed by atoms with Gasteiger partial charge in [-0.25, -0.2) is 0 Å². The lowest BCUT2D eigenvalue weighted by atomic mass is 9.91. The molecule has 2 rings (SSSR count). The summed E-state index contributed by atoms with van der Waals surface area (Å²) < 4.78 is 0. The van der Waals surface area contributed by atoms with E-state index in [9.17, 15) is 15.0 Å². The van der Waals surface area contributed by atoms with Gasteiger partial charge in [0.25, 0.3) is 0 Å². The predicted molar refractivity (Wildman–Crippen MR) is 79.8 cm³/mol. The number of aliphatic hydroxyl groups excluding tert-OH is 2. The van der Waals surface area contributed by atoms with E-state index in [4.69, 9.17) is 5.11 Å². The summed E-state index contributed by atoms with van der Waals surface area (Å²) >= 11 is 0. The molecule has 0 saturated heterocycles. The van der Waals surface area contributed by atoms with Crippen LogP contribution in [0.25, 0.3) is 0 Å². The molecule has 1 aromatic carbocycles. The van der Waals surface area contributed by atoms with Crippen LogP contribution in [0, 0.1) is 5.92 Å². The summed E-state index contributed by atoms with van der Waals surface area (Å²) in [6.45, 7) is 0. The second-order valence-corrected chi connectivity index (χ2v) is 5.67. The standard InChI is InChI=1S/C17H22O4/c18-14(10-12-4-2-1-3-5-12)8-6-13-7-9-16(19)15(13)11-17(20)21/h1-5,7,14-16,18-19H,6,8-11H2,(H,20,21). The maximum Gasteiger partial charge on any atom is 0.304 e. The zero-order valence-corrected chi connectivity index (χ0v) is 12.0. The first kappa shape index (κ1) is 15.7. The Morgan fingerprint density at radius 1 is 1.29 bits per heavy atom. The number of benzene rings is 1. The minimum Gasteiger partial charge on any atom is -0.481 e. The quantitative estimate of drug-likeness (QED) is 0.672. The van der Waals surface area contributed by atoms with Crippen molar-refractivity contribution >= 4 is 5.97 Å². The number of carboxylic acid groups (broad SMARTS) is 1. The number of aliphatic carboxylic acids is 1. The van der Waals surface area contributed by atoms with E-state index in [-0.39, 0.29) is 12.3 Å². The van der Waals surface area contributed by atoms with Crippen molar-refractivity contribution in [2.24, 2.45) is 5.92 Å². The van der Waals surface area contributed by atoms with E-state index in [1.165, 1.54) is 0 Å². The van der Waals surface area contributed by atoms with Crippen molar-refractivity contribution in [1.82, 2.24) is 0 Å². The van der Waals surface area contributed by atoms with Gasteiger partial charge in [0, 0.05) is 5.92 Å². The molecule has 114 valence electrons. The highest BCUT2D eigenvalue weighted by Gasteiger charge is 2.29. The molecular formula is C17H22O4. The SMILES string of the molecule is O=C(O)CC1C(CCC(O)Cc2ccccc2)=CCC1O. The van der Waals surface area contributed by atoms with Gasteiger partial charge in [-0.3, -0.25) is 4.79 Å². The molecule has 1 aliphatic rings. The Morgan fingerprint density at radius 2 is 2.00 bits per heavy atom. The molecule has 21 heavy (non-hydrogen) atoms. The molecule has 3 atom stereocenters. The molecule has 0 radical (unpaired) electrons. The highest BCUT2D eigenvalue weighted by molar-refractivity contribution is 5.67. The van der Waals surface area contributed by atoms with E-state index in [1.54, 1.807) is 0 Å². The van der Waals surface area contributed by atoms with Crippen LogP contribution in [0.15, 0.2) is 42.0 Å². The Balaban J connectivity index is 1.83. The van der Waals surface area contributed by atoms with Crippen molar-refractivity contribution in [3.8, 4) is 0 Å². The molecule has 0 aromatic heterocycles. The van der Waals surface area contributed by atoms with Gasteiger partial charge in [0.2, 0.25) is 0 Å². The third-order valence-corrected chi connectivity index (χ3v) is 4.04. The van der Waals surface area contributed by atoms with Gasteiger partial charge < -0.3 is 15.3 Å². The average molecular weight is 290 g/mol. The maximum absolute atomic E-state index is 10.8. The lowest BCUT2D eigenvalue weighted by Crippen LogP contribution is -2.21. The molecule has 1 aromatic rings. The maximum atomic E-state index is 10.8. The van der Waals surface area contributed by atoms with E-state index in [0.29, 0.717) is 25.7 Å². The molecule has 0 bridgehead atoms. The fraction of sp³-hybridized carbons (Fsp3) is 0.471. The first-order valence-electron chi connectivity index (χ1n) is 7.37. The Morgan fingerprint density at radius 3 is 2.67 bits per heavy atom. The zero-order valence-electron chi connectivity index (χ0n) is 12.0. The number of hydrogen-bond acceptors (Lipinski definition) is 3. The van der Waals surface area contributed by atoms with E-state index in [1.807, 2.05) is 36.4 Å². The largest absolute Gasteiger partial charge is 0.481 e. The van der Waals surface area contributed by atoms with Crippen molar-refractivity contribution in [2.75, 3.05) is 0 Å². The minimum atomic E-state index is -0.892. The Labute approximate surface area is 124 Å². The van der Waals surface area contributed by atoms with Gasteiger partial charge in [-0.2, -0.15) is 0 Å². The topological polar surface area (TPSA) is 77.8 Å². The Hall–Kier alpha value is -1.65. The summed E-state index contributed by atoms with van der Waals surface area (Å²) in [4.78, 5) is 10.8. The molecular weight excluding hydrogens is 268 g/mol. The Kier molecular flexibility index (Phi) is 5.53. The van der Waals surface area contributed by atoms with Gasteiger partial charge in [0.1, 0.15) is 0 Å². The average Bonchev–Trinajstić information content (AvgIpc) is 2.78. The van der Waals surface area contributed by atoms with E-state index in [0.717, 1.165) is 11.1 Å². The molecule has 0 fully saturated rings. The highest BCUT2D eigenvalue weighted by Crippen LogP contribution is 2.32. The third kappa shape index (κ3) is 4.69. The van der Waals surface area contributed by atoms with E-state index in [2.05, 4.69) is 0 Å². The van der Waals surface area contributed by atoms with Crippen LogP contribution in [0.4, 0.5) is 0 Å². The van der Waals surface area contributed by atoms with Gasteiger partial charge in [-0.15, -0.1) is 0 Å². The van der Waals surface area contributed by atoms with Crippen molar-refractivity contribution in [3.63, 3.8) is 0 Å². The molecule has 0 heterocycles. The van der Waals surface area contributed by atoms with Crippen molar-refractivity contribution in [1.29, 1.82) is 0 Å². The van der Waals surface area contributed by atoms with Crippen LogP contribution in [0.2, 0.25) is 0 Å². The van der Waals surface area contributed by atoms with Gasteiger partial charge in [0.05, 0.1) is 18.6 Å². The molecule has 0 saturated carbocycles. The lowest BCUT2D eigenvalue weighted by Gasteiger charge is -2.18. The summed E-state index contributed by atoms with van der Waals surface area (Å²) in [5.41, 5.74) is 2.06. The van der Waals surface area contributed by atoms with Crippen LogP contribution in [0.5, 0.6) is 0 Å². The molecule has 4 nitrogen and oxygen atoms in total. The molecule has 3 unspecified atom stereocenters. The fourth-order valence-electron chi connectivity index (χ4n) is 2.90. The zero-order chi connectivity index (χ0) is 15.2. The summed E-state index contributed by atoms with van der Waals surface area (Å²) in [5.74, 6) is -1.19. The van der Waals surface area contributed by atoms with Gasteiger partial charge in [-0.1, -0.05) is 42.0 Å². The van der Waals surface area contributed by atoms with Crippen LogP contribution in [0.3, 0.4) is 0 Å². The molecule has 0 aliphatic heterocycles. The smallest absolute Gasteiger partial charge is 0.304 e. The van der Waals surface area contributed by atoms with Gasteiger partial charge in [0.15, 0.2) is 0 Å². The monoisotopic (exact) mass is 290 g/mol. The number of carbonyl (C=O) groups is 1. The van der Waals surface area contributed by atoms with Crippen LogP contribution in [0.1, 0.15) is 31.2 Å². The lowest BCUT2D eigenvalue weighted by molar-refractivity contribution is -0.138. The fourth-order valence-corrected chi connectivity index (χ4v) is 2.90. The highest BCUT2D eigenvalue weighted by atomic mass is 16.4. The molecule has 0 spiro atoms. The van der Waals surface area contributed by atoms with Crippen LogP contribution < -0.4 is 0 Å². The summed E-state index contributed by atoms with van der Waals surface area (Å²) in [7, 11) is 0. The van der Waals surface area contributed by atoms with Crippen LogP contribution >= 0.6 is 0 Å². The molecule has 0 amide bonds. The van der Waals surface area contributed by atoms with E-state index < -0.39 is 18.2 Å². The first-order chi connectivity index (χ1) is 10.1. The second-order valence-electron chi connectivity index (χ2n) is 5.67. The molecule has 3 N–H and O–H groups in total. The molecule has 4 heteroatoms. The van der Waals surface area contributed by atoms with Gasteiger partial charge in [-0.05, 0) is 31.2 Å². The summed E-state index contributed by atoms with van der Waals surface area (Å²) in [5, 5.41) is 28.8. The third-order valence-electron chi connectivity index (χ3n) is 4.04. The van der Waals surface area contributed by atoms with Crippen molar-refractivity contribution in [3.05, 3.63) is 47.5 Å². The van der Waals surface area contributed by atoms with Crippen LogP contribution in [-0.2, 0) is 11.2 Å². The van der Waals surface area contributed by atoms with Crippen LogP contribution in [-0.4, -0.2) is 33.5 Å². The number of rotatable bonds is 7. The number of hydrogen-bond donors (Lipinski definition) is 3. The predicted octanol–water partition coefficient (Wildman–Crippen LogP) is 2.15. The number of carboxylic acids is 1. The summed E-state index contributed by atoms with van der Waals surface area (Å²) in [6, 6.07) is 9.79. The second kappa shape index (κ2) is 7.38. The summed E-state index contributed by atoms with van der Waals surface area (Å²) in [6.07, 6.45) is 3.18. The minimum absolute atomic E-state index is 0.0399. The van der Waals surface area contributed by atoms with Crippen molar-refractivity contribution < 1.29 is 20.1 Å².